The van der Waals surface area contributed by atoms with Crippen molar-refractivity contribution in [2.75, 3.05) is 0 Å². The second-order valence-electron chi connectivity index (χ2n) is 5.21. The lowest BCUT2D eigenvalue weighted by atomic mass is 9.94. The predicted molar refractivity (Wildman–Crippen MR) is 81.5 cm³/mol. The van der Waals surface area contributed by atoms with Gasteiger partial charge in [0.05, 0.1) is 0 Å². The Kier molecular flexibility index (Phi) is 4.23. The van der Waals surface area contributed by atoms with Gasteiger partial charge < -0.3 is 4.74 Å². The zero-order valence-electron chi connectivity index (χ0n) is 12.4. The van der Waals surface area contributed by atoms with Crippen molar-refractivity contribution in [1.82, 2.24) is 0 Å². The molecule has 104 valence electrons. The minimum atomic E-state index is -0.488. The molecule has 0 saturated heterocycles. The zero-order chi connectivity index (χ0) is 14.7. The molecule has 0 aliphatic heterocycles. The molecule has 0 aliphatic rings. The molecule has 0 aliphatic carbocycles. The van der Waals surface area contributed by atoms with Crippen molar-refractivity contribution in [3.63, 3.8) is 0 Å². The summed E-state index contributed by atoms with van der Waals surface area (Å²) in [6.45, 7) is 7.79. The highest BCUT2D eigenvalue weighted by atomic mass is 16.5. The third kappa shape index (κ3) is 3.08. The van der Waals surface area contributed by atoms with E-state index in [0.717, 1.165) is 22.4 Å². The van der Waals surface area contributed by atoms with E-state index in [1.807, 2.05) is 63.2 Å². The van der Waals surface area contributed by atoms with Crippen LogP contribution >= 0.6 is 0 Å². The normalized spacial score (nSPS) is 12.0. The minimum Gasteiger partial charge on any atom is -0.483 e. The van der Waals surface area contributed by atoms with Gasteiger partial charge in [-0.2, -0.15) is 0 Å². The van der Waals surface area contributed by atoms with Gasteiger partial charge in [0.2, 0.25) is 5.78 Å². The molecule has 1 atom stereocenters. The number of aryl methyl sites for hydroxylation is 3. The number of para-hydroxylation sites is 1. The van der Waals surface area contributed by atoms with E-state index in [9.17, 15) is 4.79 Å². The first kappa shape index (κ1) is 14.3. The topological polar surface area (TPSA) is 26.3 Å². The number of benzene rings is 2. The molecule has 2 heteroatoms. The van der Waals surface area contributed by atoms with Gasteiger partial charge in [0.25, 0.3) is 0 Å². The quantitative estimate of drug-likeness (QED) is 0.774. The lowest BCUT2D eigenvalue weighted by Crippen LogP contribution is -2.25. The van der Waals surface area contributed by atoms with E-state index in [-0.39, 0.29) is 5.78 Å². The monoisotopic (exact) mass is 268 g/mol. The highest BCUT2D eigenvalue weighted by molar-refractivity contribution is 6.02. The molecule has 2 aromatic rings. The number of carbonyl (C=O) groups is 1. The van der Waals surface area contributed by atoms with Crippen molar-refractivity contribution in [2.45, 2.75) is 33.8 Å². The summed E-state index contributed by atoms with van der Waals surface area (Å²) in [5.74, 6) is 0.750. The maximum Gasteiger partial charge on any atom is 0.203 e. The maximum atomic E-state index is 12.6. The summed E-state index contributed by atoms with van der Waals surface area (Å²) in [5.41, 5.74) is 3.97. The fraction of sp³-hybridized carbons (Fsp3) is 0.278. The van der Waals surface area contributed by atoms with Crippen molar-refractivity contribution in [3.05, 3.63) is 64.7 Å². The summed E-state index contributed by atoms with van der Waals surface area (Å²) >= 11 is 0. The average molecular weight is 268 g/mol. The molecule has 2 rings (SSSR count). The second kappa shape index (κ2) is 5.91. The van der Waals surface area contributed by atoms with Gasteiger partial charge in [0, 0.05) is 5.56 Å². The van der Waals surface area contributed by atoms with Crippen molar-refractivity contribution in [3.8, 4) is 5.75 Å². The summed E-state index contributed by atoms with van der Waals surface area (Å²) < 4.78 is 5.72. The molecule has 2 aromatic carbocycles. The van der Waals surface area contributed by atoms with Crippen LogP contribution in [-0.2, 0) is 0 Å². The van der Waals surface area contributed by atoms with Crippen molar-refractivity contribution in [2.24, 2.45) is 0 Å². The van der Waals surface area contributed by atoms with Gasteiger partial charge in [-0.05, 0) is 51.0 Å². The Hall–Kier alpha value is -2.09. The van der Waals surface area contributed by atoms with Crippen LogP contribution in [0, 0.1) is 20.8 Å². The Balaban J connectivity index is 2.23. The average Bonchev–Trinajstić information content (AvgIpc) is 2.38. The first-order chi connectivity index (χ1) is 9.49. The Bertz CT molecular complexity index is 592. The van der Waals surface area contributed by atoms with Gasteiger partial charge in [0.15, 0.2) is 6.10 Å². The Labute approximate surface area is 120 Å². The number of carbonyl (C=O) groups excluding carboxylic acids is 1. The first-order valence-electron chi connectivity index (χ1n) is 6.83. The van der Waals surface area contributed by atoms with E-state index in [1.54, 1.807) is 6.92 Å². The van der Waals surface area contributed by atoms with Crippen LogP contribution in [0.25, 0.3) is 0 Å². The van der Waals surface area contributed by atoms with Gasteiger partial charge in [0.1, 0.15) is 5.75 Å². The molecule has 0 fully saturated rings. The van der Waals surface area contributed by atoms with Crippen molar-refractivity contribution < 1.29 is 9.53 Å². The number of rotatable bonds is 4. The molecular formula is C18H20O2. The van der Waals surface area contributed by atoms with Crippen LogP contribution in [0.2, 0.25) is 0 Å². The van der Waals surface area contributed by atoms with E-state index in [0.29, 0.717) is 0 Å². The zero-order valence-corrected chi connectivity index (χ0v) is 12.4. The predicted octanol–water partition coefficient (Wildman–Crippen LogP) is 4.26. The largest absolute Gasteiger partial charge is 0.483 e. The third-order valence-electron chi connectivity index (χ3n) is 3.35. The highest BCUT2D eigenvalue weighted by Crippen LogP contribution is 2.20. The van der Waals surface area contributed by atoms with Gasteiger partial charge in [-0.25, -0.2) is 0 Å². The van der Waals surface area contributed by atoms with Crippen molar-refractivity contribution >= 4 is 5.78 Å². The molecule has 0 saturated carbocycles. The van der Waals surface area contributed by atoms with Crippen LogP contribution in [0.15, 0.2) is 42.5 Å². The minimum absolute atomic E-state index is 0.0313. The summed E-state index contributed by atoms with van der Waals surface area (Å²) in [7, 11) is 0. The Morgan fingerprint density at radius 1 is 1.00 bits per heavy atom. The van der Waals surface area contributed by atoms with E-state index >= 15 is 0 Å². The van der Waals surface area contributed by atoms with Gasteiger partial charge in [-0.3, -0.25) is 4.79 Å². The fourth-order valence-corrected chi connectivity index (χ4v) is 2.53. The number of ketones is 1. The molecule has 0 radical (unpaired) electrons. The molecule has 20 heavy (non-hydrogen) atoms. The first-order valence-corrected chi connectivity index (χ1v) is 6.83. The highest BCUT2D eigenvalue weighted by Gasteiger charge is 2.20. The summed E-state index contributed by atoms with van der Waals surface area (Å²) in [6.07, 6.45) is -0.488. The van der Waals surface area contributed by atoms with Crippen LogP contribution in [0.4, 0.5) is 0 Å². The fourth-order valence-electron chi connectivity index (χ4n) is 2.53. The summed E-state index contributed by atoms with van der Waals surface area (Å²) in [5, 5.41) is 0. The molecule has 0 heterocycles. The van der Waals surface area contributed by atoms with E-state index < -0.39 is 6.10 Å². The molecular weight excluding hydrogens is 248 g/mol. The van der Waals surface area contributed by atoms with Gasteiger partial charge in [-0.15, -0.1) is 0 Å². The Morgan fingerprint density at radius 2 is 1.55 bits per heavy atom. The van der Waals surface area contributed by atoms with Crippen LogP contribution in [0.1, 0.15) is 34.0 Å². The standard InChI is InChI=1S/C18H20O2/c1-12-10-13(2)17(14(3)11-12)18(19)15(4)20-16-8-6-5-7-9-16/h5-11,15H,1-4H3. The van der Waals surface area contributed by atoms with Gasteiger partial charge in [-0.1, -0.05) is 35.9 Å². The lowest BCUT2D eigenvalue weighted by Gasteiger charge is -2.17. The van der Waals surface area contributed by atoms with Crippen molar-refractivity contribution in [1.29, 1.82) is 0 Å². The molecule has 1 unspecified atom stereocenters. The second-order valence-corrected chi connectivity index (χ2v) is 5.21. The van der Waals surface area contributed by atoms with Crippen LogP contribution in [0.3, 0.4) is 0 Å². The number of hydrogen-bond acceptors (Lipinski definition) is 2. The molecule has 0 spiro atoms. The number of hydrogen-bond donors (Lipinski definition) is 0. The lowest BCUT2D eigenvalue weighted by molar-refractivity contribution is 0.0817. The van der Waals surface area contributed by atoms with E-state index in [4.69, 9.17) is 4.74 Å². The number of ether oxygens (including phenoxy) is 1. The third-order valence-corrected chi connectivity index (χ3v) is 3.35. The molecule has 0 bridgehead atoms. The van der Waals surface area contributed by atoms with Crippen LogP contribution in [-0.4, -0.2) is 11.9 Å². The Morgan fingerprint density at radius 3 is 2.10 bits per heavy atom. The molecule has 2 nitrogen and oxygen atoms in total. The van der Waals surface area contributed by atoms with E-state index in [1.165, 1.54) is 5.56 Å². The SMILES string of the molecule is Cc1cc(C)c(C(=O)C(C)Oc2ccccc2)c(C)c1. The maximum absolute atomic E-state index is 12.6. The number of Topliss-reactive ketones (excluding diaryl/α,β-unsaturated/α-hetero) is 1. The molecule has 0 aromatic heterocycles. The van der Waals surface area contributed by atoms with Crippen LogP contribution in [0.5, 0.6) is 5.75 Å². The summed E-state index contributed by atoms with van der Waals surface area (Å²) in [4.78, 5) is 12.6. The smallest absolute Gasteiger partial charge is 0.203 e. The van der Waals surface area contributed by atoms with Crippen LogP contribution < -0.4 is 4.74 Å². The molecule has 0 amide bonds. The van der Waals surface area contributed by atoms with E-state index in [2.05, 4.69) is 0 Å². The van der Waals surface area contributed by atoms with Gasteiger partial charge >= 0.3 is 0 Å². The summed E-state index contributed by atoms with van der Waals surface area (Å²) in [6, 6.07) is 13.5. The molecule has 0 N–H and O–H groups in total.